The minimum absolute atomic E-state index is 0.380. The summed E-state index contributed by atoms with van der Waals surface area (Å²) in [5, 5.41) is 10.6. The summed E-state index contributed by atoms with van der Waals surface area (Å²) >= 11 is 0. The molecule has 0 heterocycles. The van der Waals surface area contributed by atoms with Crippen LogP contribution in [0.4, 0.5) is 0 Å². The predicted octanol–water partition coefficient (Wildman–Crippen LogP) is 1.75. The zero-order valence-corrected chi connectivity index (χ0v) is 6.67. The highest BCUT2D eigenvalue weighted by molar-refractivity contribution is 5.89. The second-order valence-electron chi connectivity index (χ2n) is 3.08. The lowest BCUT2D eigenvalue weighted by Crippen LogP contribution is -1.99. The number of carbonyl (C=O) groups is 1. The molecule has 0 spiro atoms. The van der Waals surface area contributed by atoms with Crippen LogP contribution in [0.25, 0.3) is 0 Å². The molecule has 0 bridgehead atoms. The van der Waals surface area contributed by atoms with Crippen LogP contribution in [-0.2, 0) is 17.9 Å². The van der Waals surface area contributed by atoms with Crippen LogP contribution in [-0.4, -0.2) is 5.97 Å². The van der Waals surface area contributed by atoms with Crippen LogP contribution in [0.3, 0.4) is 0 Å². The molecule has 0 saturated heterocycles. The molecule has 0 N–H and O–H groups in total. The van der Waals surface area contributed by atoms with Gasteiger partial charge in [-0.25, -0.2) is 9.90 Å². The molecular weight excluding hydrogens is 152 g/mol. The molecular formula is C10H9O2. The van der Waals surface area contributed by atoms with Crippen molar-refractivity contribution in [3.05, 3.63) is 34.9 Å². The zero-order chi connectivity index (χ0) is 8.55. The van der Waals surface area contributed by atoms with Crippen LogP contribution in [0.15, 0.2) is 18.2 Å². The molecule has 0 fully saturated rings. The highest BCUT2D eigenvalue weighted by Gasteiger charge is 2.18. The van der Waals surface area contributed by atoms with Crippen LogP contribution < -0.4 is 0 Å². The highest BCUT2D eigenvalue weighted by atomic mass is 16.4. The van der Waals surface area contributed by atoms with E-state index in [1.165, 1.54) is 5.56 Å². The standard InChI is InChI=1S/C10H9O2/c11-10(12)9-6-2-4-7-3-1-5-8(7)9/h2,4,6H,1,3,5H2. The Morgan fingerprint density at radius 2 is 2.08 bits per heavy atom. The summed E-state index contributed by atoms with van der Waals surface area (Å²) in [5.74, 6) is -1.05. The topological polar surface area (TPSA) is 37.0 Å². The van der Waals surface area contributed by atoms with Gasteiger partial charge in [0, 0.05) is 0 Å². The monoisotopic (exact) mass is 161 g/mol. The van der Waals surface area contributed by atoms with Crippen molar-refractivity contribution in [2.24, 2.45) is 0 Å². The maximum atomic E-state index is 10.6. The maximum absolute atomic E-state index is 10.6. The van der Waals surface area contributed by atoms with Crippen molar-refractivity contribution in [2.75, 3.05) is 0 Å². The second-order valence-corrected chi connectivity index (χ2v) is 3.08. The van der Waals surface area contributed by atoms with E-state index in [4.69, 9.17) is 0 Å². The summed E-state index contributed by atoms with van der Waals surface area (Å²) in [6.45, 7) is 0. The fourth-order valence-corrected chi connectivity index (χ4v) is 1.81. The van der Waals surface area contributed by atoms with Gasteiger partial charge in [0.2, 0.25) is 0 Å². The molecule has 0 aliphatic heterocycles. The van der Waals surface area contributed by atoms with Gasteiger partial charge in [0.05, 0.1) is 5.56 Å². The van der Waals surface area contributed by atoms with Gasteiger partial charge in [-0.05, 0) is 36.5 Å². The van der Waals surface area contributed by atoms with E-state index in [2.05, 4.69) is 0 Å². The molecule has 1 aromatic rings. The Kier molecular flexibility index (Phi) is 1.61. The molecule has 1 aliphatic rings. The van der Waals surface area contributed by atoms with Gasteiger partial charge in [0.15, 0.2) is 0 Å². The molecule has 61 valence electrons. The predicted molar refractivity (Wildman–Crippen MR) is 43.5 cm³/mol. The molecule has 0 atom stereocenters. The number of fused-ring (bicyclic) bond motifs is 1. The Morgan fingerprint density at radius 3 is 2.83 bits per heavy atom. The summed E-state index contributed by atoms with van der Waals surface area (Å²) < 4.78 is 0. The van der Waals surface area contributed by atoms with E-state index in [0.717, 1.165) is 24.8 Å². The van der Waals surface area contributed by atoms with Gasteiger partial charge < -0.3 is 0 Å². The minimum atomic E-state index is -1.05. The molecule has 0 aromatic heterocycles. The normalized spacial score (nSPS) is 14.3. The van der Waals surface area contributed by atoms with Crippen LogP contribution in [0.2, 0.25) is 0 Å². The molecule has 1 radical (unpaired) electrons. The lowest BCUT2D eigenvalue weighted by molar-refractivity contribution is 0.0572. The van der Waals surface area contributed by atoms with Gasteiger partial charge in [-0.1, -0.05) is 12.1 Å². The van der Waals surface area contributed by atoms with Gasteiger partial charge in [0.25, 0.3) is 0 Å². The first-order valence-corrected chi connectivity index (χ1v) is 4.11. The van der Waals surface area contributed by atoms with Crippen molar-refractivity contribution < 1.29 is 9.90 Å². The smallest absolute Gasteiger partial charge is 0.241 e. The van der Waals surface area contributed by atoms with Crippen LogP contribution in [0, 0.1) is 0 Å². The summed E-state index contributed by atoms with van der Waals surface area (Å²) in [6.07, 6.45) is 2.97. The Morgan fingerprint density at radius 1 is 1.25 bits per heavy atom. The summed E-state index contributed by atoms with van der Waals surface area (Å²) in [7, 11) is 0. The Balaban J connectivity index is 2.56. The Labute approximate surface area is 70.8 Å². The van der Waals surface area contributed by atoms with Crippen molar-refractivity contribution in [1.29, 1.82) is 0 Å². The van der Waals surface area contributed by atoms with Crippen LogP contribution in [0.5, 0.6) is 0 Å². The van der Waals surface area contributed by atoms with Crippen molar-refractivity contribution in [3.63, 3.8) is 0 Å². The quantitative estimate of drug-likeness (QED) is 0.618. The summed E-state index contributed by atoms with van der Waals surface area (Å²) in [4.78, 5) is 10.6. The Bertz CT molecular complexity index is 329. The van der Waals surface area contributed by atoms with Crippen LogP contribution in [0.1, 0.15) is 27.9 Å². The third-order valence-corrected chi connectivity index (χ3v) is 2.37. The number of hydrogen-bond donors (Lipinski definition) is 0. The van der Waals surface area contributed by atoms with Crippen molar-refractivity contribution in [2.45, 2.75) is 19.3 Å². The van der Waals surface area contributed by atoms with E-state index in [1.807, 2.05) is 6.07 Å². The van der Waals surface area contributed by atoms with Crippen molar-refractivity contribution in [1.82, 2.24) is 0 Å². The number of carbonyl (C=O) groups excluding carboxylic acids is 1. The van der Waals surface area contributed by atoms with Gasteiger partial charge >= 0.3 is 5.97 Å². The van der Waals surface area contributed by atoms with E-state index in [1.54, 1.807) is 12.1 Å². The first-order chi connectivity index (χ1) is 5.79. The molecule has 0 unspecified atom stereocenters. The van der Waals surface area contributed by atoms with E-state index in [0.29, 0.717) is 5.56 Å². The lowest BCUT2D eigenvalue weighted by atomic mass is 10.0. The van der Waals surface area contributed by atoms with E-state index >= 15 is 0 Å². The average molecular weight is 161 g/mol. The fraction of sp³-hybridized carbons (Fsp3) is 0.300. The molecule has 2 heteroatoms. The molecule has 2 nitrogen and oxygen atoms in total. The number of rotatable bonds is 1. The first kappa shape index (κ1) is 7.35. The second kappa shape index (κ2) is 2.63. The third-order valence-electron chi connectivity index (χ3n) is 2.37. The fourth-order valence-electron chi connectivity index (χ4n) is 1.81. The molecule has 12 heavy (non-hydrogen) atoms. The third kappa shape index (κ3) is 0.998. The highest BCUT2D eigenvalue weighted by Crippen LogP contribution is 2.24. The van der Waals surface area contributed by atoms with Crippen molar-refractivity contribution in [3.8, 4) is 0 Å². The lowest BCUT2D eigenvalue weighted by Gasteiger charge is -2.00. The van der Waals surface area contributed by atoms with E-state index < -0.39 is 5.97 Å². The van der Waals surface area contributed by atoms with E-state index in [9.17, 15) is 9.90 Å². The average Bonchev–Trinajstić information content (AvgIpc) is 2.49. The molecule has 2 rings (SSSR count). The zero-order valence-electron chi connectivity index (χ0n) is 6.67. The molecule has 0 amide bonds. The van der Waals surface area contributed by atoms with E-state index in [-0.39, 0.29) is 0 Å². The number of benzene rings is 1. The SMILES string of the molecule is [O]C(=O)c1cccc2c1CCC2. The largest absolute Gasteiger partial charge is 0.386 e. The van der Waals surface area contributed by atoms with Gasteiger partial charge in [0.1, 0.15) is 0 Å². The van der Waals surface area contributed by atoms with Crippen molar-refractivity contribution >= 4 is 5.97 Å². The Hall–Kier alpha value is -1.31. The molecule has 1 aromatic carbocycles. The molecule has 0 saturated carbocycles. The number of aryl methyl sites for hydroxylation is 1. The maximum Gasteiger partial charge on any atom is 0.386 e. The first-order valence-electron chi connectivity index (χ1n) is 4.11. The van der Waals surface area contributed by atoms with Gasteiger partial charge in [-0.3, -0.25) is 0 Å². The van der Waals surface area contributed by atoms with Crippen LogP contribution >= 0.6 is 0 Å². The van der Waals surface area contributed by atoms with Gasteiger partial charge in [-0.2, -0.15) is 0 Å². The van der Waals surface area contributed by atoms with Gasteiger partial charge in [-0.15, -0.1) is 0 Å². The number of hydrogen-bond acceptors (Lipinski definition) is 1. The summed E-state index contributed by atoms with van der Waals surface area (Å²) in [6, 6.07) is 5.41. The summed E-state index contributed by atoms with van der Waals surface area (Å²) in [5.41, 5.74) is 2.54. The molecule has 1 aliphatic carbocycles. The minimum Gasteiger partial charge on any atom is -0.241 e.